The summed E-state index contributed by atoms with van der Waals surface area (Å²) in [5, 5.41) is 3.20. The molecule has 0 aromatic heterocycles. The van der Waals surface area contributed by atoms with E-state index in [0.717, 1.165) is 57.5 Å². The number of hydrogen-bond acceptors (Lipinski definition) is 3. The van der Waals surface area contributed by atoms with Crippen LogP contribution in [-0.4, -0.2) is 48.9 Å². The Bertz CT molecular complexity index is 835. The molecule has 5 heteroatoms. The van der Waals surface area contributed by atoms with Crippen LogP contribution in [0.15, 0.2) is 54.6 Å². The van der Waals surface area contributed by atoms with E-state index in [9.17, 15) is 9.59 Å². The smallest absolute Gasteiger partial charge is 0.251 e. The zero-order chi connectivity index (χ0) is 20.1. The fourth-order valence-corrected chi connectivity index (χ4v) is 4.29. The molecule has 2 aromatic carbocycles. The number of piperidine rings is 1. The minimum absolute atomic E-state index is 0.0285. The quantitative estimate of drug-likeness (QED) is 0.822. The molecule has 1 atom stereocenters. The number of nitrogens with one attached hydrogen (secondary N) is 1. The van der Waals surface area contributed by atoms with Gasteiger partial charge in [0.1, 0.15) is 0 Å². The van der Waals surface area contributed by atoms with Crippen LogP contribution in [-0.2, 0) is 11.2 Å². The summed E-state index contributed by atoms with van der Waals surface area (Å²) >= 11 is 0. The maximum Gasteiger partial charge on any atom is 0.251 e. The van der Waals surface area contributed by atoms with Crippen LogP contribution in [0.1, 0.15) is 41.6 Å². The number of carbonyl (C=O) groups excluding carboxylic acids is 2. The molecule has 152 valence electrons. The van der Waals surface area contributed by atoms with Gasteiger partial charge in [-0.15, -0.1) is 0 Å². The lowest BCUT2D eigenvalue weighted by Crippen LogP contribution is -2.48. The Morgan fingerprint density at radius 3 is 2.52 bits per heavy atom. The van der Waals surface area contributed by atoms with E-state index in [1.807, 2.05) is 30.3 Å². The zero-order valence-electron chi connectivity index (χ0n) is 16.8. The van der Waals surface area contributed by atoms with Crippen molar-refractivity contribution < 1.29 is 9.59 Å². The largest absolute Gasteiger partial charge is 0.348 e. The van der Waals surface area contributed by atoms with Crippen LogP contribution in [0.4, 0.5) is 5.69 Å². The van der Waals surface area contributed by atoms with E-state index in [2.05, 4.69) is 34.5 Å². The number of nitrogens with zero attached hydrogens (tertiary/aromatic N) is 2. The number of anilines is 1. The van der Waals surface area contributed by atoms with Crippen molar-refractivity contribution in [1.82, 2.24) is 10.2 Å². The summed E-state index contributed by atoms with van der Waals surface area (Å²) in [6.45, 7) is 3.79. The van der Waals surface area contributed by atoms with E-state index >= 15 is 0 Å². The lowest BCUT2D eigenvalue weighted by Gasteiger charge is -2.33. The highest BCUT2D eigenvalue weighted by molar-refractivity contribution is 5.97. The molecule has 0 aliphatic carbocycles. The Hall–Kier alpha value is -2.66. The van der Waals surface area contributed by atoms with Gasteiger partial charge in [-0.3, -0.25) is 9.59 Å². The van der Waals surface area contributed by atoms with Gasteiger partial charge in [0.25, 0.3) is 5.91 Å². The lowest BCUT2D eigenvalue weighted by molar-refractivity contribution is -0.117. The van der Waals surface area contributed by atoms with E-state index in [-0.39, 0.29) is 17.9 Å². The molecule has 5 nitrogen and oxygen atoms in total. The number of benzene rings is 2. The number of likely N-dealkylation sites (tertiary alicyclic amines) is 1. The predicted molar refractivity (Wildman–Crippen MR) is 115 cm³/mol. The summed E-state index contributed by atoms with van der Waals surface area (Å²) in [7, 11) is 0. The Morgan fingerprint density at radius 1 is 1.00 bits per heavy atom. The second kappa shape index (κ2) is 9.23. The second-order valence-corrected chi connectivity index (χ2v) is 8.04. The molecule has 2 aliphatic rings. The third kappa shape index (κ3) is 5.04. The molecule has 2 aromatic rings. The van der Waals surface area contributed by atoms with Gasteiger partial charge in [0.2, 0.25) is 5.91 Å². The van der Waals surface area contributed by atoms with Crippen LogP contribution in [0.2, 0.25) is 0 Å². The minimum Gasteiger partial charge on any atom is -0.348 e. The average molecular weight is 392 g/mol. The van der Waals surface area contributed by atoms with E-state index in [1.54, 1.807) is 4.90 Å². The first-order valence-electron chi connectivity index (χ1n) is 10.7. The van der Waals surface area contributed by atoms with Crippen molar-refractivity contribution in [2.45, 2.75) is 38.1 Å². The number of hydrogen-bond donors (Lipinski definition) is 1. The van der Waals surface area contributed by atoms with Gasteiger partial charge in [0, 0.05) is 43.3 Å². The van der Waals surface area contributed by atoms with Crippen LogP contribution in [0.25, 0.3) is 0 Å². The Kier molecular flexibility index (Phi) is 6.25. The molecule has 4 rings (SSSR count). The van der Waals surface area contributed by atoms with Crippen molar-refractivity contribution in [3.05, 3.63) is 65.7 Å². The second-order valence-electron chi connectivity index (χ2n) is 8.04. The highest BCUT2D eigenvalue weighted by Crippen LogP contribution is 2.22. The molecule has 2 saturated heterocycles. The van der Waals surface area contributed by atoms with Gasteiger partial charge >= 0.3 is 0 Å². The van der Waals surface area contributed by atoms with E-state index < -0.39 is 0 Å². The Labute approximate surface area is 172 Å². The van der Waals surface area contributed by atoms with Gasteiger partial charge in [0.05, 0.1) is 0 Å². The van der Waals surface area contributed by atoms with Gasteiger partial charge in [-0.1, -0.05) is 30.3 Å². The Morgan fingerprint density at radius 2 is 1.79 bits per heavy atom. The molecule has 2 fully saturated rings. The summed E-state index contributed by atoms with van der Waals surface area (Å²) in [5.74, 6) is 0.138. The summed E-state index contributed by atoms with van der Waals surface area (Å²) in [4.78, 5) is 28.8. The fourth-order valence-electron chi connectivity index (χ4n) is 4.29. The maximum absolute atomic E-state index is 12.7. The molecule has 2 heterocycles. The molecule has 1 unspecified atom stereocenters. The first kappa shape index (κ1) is 19.6. The third-order valence-corrected chi connectivity index (χ3v) is 5.91. The van der Waals surface area contributed by atoms with Crippen LogP contribution in [0.3, 0.4) is 0 Å². The SMILES string of the molecule is O=C(NC1CCCN(CCc2ccccc2)C1)c1ccc(N2CCCC2=O)cc1. The van der Waals surface area contributed by atoms with Crippen molar-refractivity contribution in [2.75, 3.05) is 31.1 Å². The fraction of sp³-hybridized carbons (Fsp3) is 0.417. The minimum atomic E-state index is -0.0285. The van der Waals surface area contributed by atoms with Gasteiger partial charge < -0.3 is 15.1 Å². The van der Waals surface area contributed by atoms with E-state index in [1.165, 1.54) is 5.56 Å². The first-order valence-corrected chi connectivity index (χ1v) is 10.7. The first-order chi connectivity index (χ1) is 14.2. The highest BCUT2D eigenvalue weighted by atomic mass is 16.2. The van der Waals surface area contributed by atoms with E-state index in [0.29, 0.717) is 12.0 Å². The van der Waals surface area contributed by atoms with Crippen molar-refractivity contribution in [2.24, 2.45) is 0 Å². The summed E-state index contributed by atoms with van der Waals surface area (Å²) in [6, 6.07) is 18.1. The molecule has 0 bridgehead atoms. The highest BCUT2D eigenvalue weighted by Gasteiger charge is 2.23. The van der Waals surface area contributed by atoms with Gasteiger partial charge in [-0.25, -0.2) is 0 Å². The third-order valence-electron chi connectivity index (χ3n) is 5.91. The number of amides is 2. The van der Waals surface area contributed by atoms with Crippen LogP contribution in [0.5, 0.6) is 0 Å². The number of carbonyl (C=O) groups is 2. The zero-order valence-corrected chi connectivity index (χ0v) is 16.8. The van der Waals surface area contributed by atoms with Crippen LogP contribution < -0.4 is 10.2 Å². The topological polar surface area (TPSA) is 52.7 Å². The molecule has 0 saturated carbocycles. The molecule has 1 N–H and O–H groups in total. The molecule has 29 heavy (non-hydrogen) atoms. The monoisotopic (exact) mass is 391 g/mol. The summed E-state index contributed by atoms with van der Waals surface area (Å²) in [5.41, 5.74) is 2.89. The molecule has 0 spiro atoms. The van der Waals surface area contributed by atoms with Gasteiger partial charge in [-0.05, 0) is 62.1 Å². The maximum atomic E-state index is 12.7. The van der Waals surface area contributed by atoms with Crippen molar-refractivity contribution >= 4 is 17.5 Å². The van der Waals surface area contributed by atoms with Crippen molar-refractivity contribution in [1.29, 1.82) is 0 Å². The molecular formula is C24H29N3O2. The van der Waals surface area contributed by atoms with Crippen molar-refractivity contribution in [3.63, 3.8) is 0 Å². The summed E-state index contributed by atoms with van der Waals surface area (Å²) < 4.78 is 0. The lowest BCUT2D eigenvalue weighted by atomic mass is 10.0. The predicted octanol–water partition coefficient (Wildman–Crippen LogP) is 3.25. The van der Waals surface area contributed by atoms with E-state index in [4.69, 9.17) is 0 Å². The van der Waals surface area contributed by atoms with Gasteiger partial charge in [-0.2, -0.15) is 0 Å². The molecular weight excluding hydrogens is 362 g/mol. The number of rotatable bonds is 6. The van der Waals surface area contributed by atoms with Crippen molar-refractivity contribution in [3.8, 4) is 0 Å². The van der Waals surface area contributed by atoms with Gasteiger partial charge in [0.15, 0.2) is 0 Å². The normalized spacial score (nSPS) is 20.1. The molecule has 0 radical (unpaired) electrons. The Balaban J connectivity index is 1.29. The summed E-state index contributed by atoms with van der Waals surface area (Å²) in [6.07, 6.45) is 4.69. The van der Waals surface area contributed by atoms with Crippen LogP contribution in [0, 0.1) is 0 Å². The average Bonchev–Trinajstić information content (AvgIpc) is 3.19. The molecule has 2 amide bonds. The molecule has 2 aliphatic heterocycles. The van der Waals surface area contributed by atoms with Crippen LogP contribution >= 0.6 is 0 Å². The standard InChI is InChI=1S/C24H29N3O2/c28-23-9-5-16-27(23)22-12-10-20(11-13-22)24(29)25-21-8-4-15-26(18-21)17-14-19-6-2-1-3-7-19/h1-3,6-7,10-13,21H,4-5,8-9,14-18H2,(H,25,29).